The fourth-order valence-corrected chi connectivity index (χ4v) is 5.55. The van der Waals surface area contributed by atoms with Gasteiger partial charge in [-0.25, -0.2) is 4.39 Å². The molecule has 0 aromatic heterocycles. The van der Waals surface area contributed by atoms with Crippen molar-refractivity contribution in [2.24, 2.45) is 0 Å². The monoisotopic (exact) mass is 464 g/mol. The van der Waals surface area contributed by atoms with E-state index < -0.39 is 0 Å². The third-order valence-electron chi connectivity index (χ3n) is 5.07. The van der Waals surface area contributed by atoms with Crippen LogP contribution in [0, 0.1) is 5.82 Å². The van der Waals surface area contributed by atoms with Crippen molar-refractivity contribution in [2.75, 3.05) is 0 Å². The Bertz CT molecular complexity index is 923. The molecule has 3 heteroatoms. The van der Waals surface area contributed by atoms with Crippen LogP contribution in [-0.4, -0.2) is 0 Å². The summed E-state index contributed by atoms with van der Waals surface area (Å²) in [6.45, 7) is 0. The molecule has 0 heterocycles. The highest BCUT2D eigenvalue weighted by molar-refractivity contribution is 8.93. The van der Waals surface area contributed by atoms with E-state index in [1.165, 1.54) is 22.8 Å². The van der Waals surface area contributed by atoms with E-state index in [4.69, 9.17) is 0 Å². The number of rotatable bonds is 6. The van der Waals surface area contributed by atoms with Crippen LogP contribution in [0.5, 0.6) is 0 Å². The lowest BCUT2D eigenvalue weighted by atomic mass is 9.84. The second-order valence-electron chi connectivity index (χ2n) is 6.83. The lowest BCUT2D eigenvalue weighted by Crippen LogP contribution is -2.24. The fraction of sp³-hybridized carbons (Fsp3) is 0.0769. The molecule has 0 fully saturated rings. The topological polar surface area (TPSA) is 0 Å². The number of benzene rings is 4. The van der Waals surface area contributed by atoms with Crippen LogP contribution in [0.4, 0.5) is 4.39 Å². The van der Waals surface area contributed by atoms with Crippen molar-refractivity contribution in [1.29, 1.82) is 0 Å². The van der Waals surface area contributed by atoms with Gasteiger partial charge in [0.05, 0.1) is 5.16 Å². The van der Waals surface area contributed by atoms with Crippen LogP contribution in [0.2, 0.25) is 0 Å². The maximum Gasteiger partial charge on any atom is 0.123 e. The Labute approximate surface area is 184 Å². The molecule has 29 heavy (non-hydrogen) atoms. The van der Waals surface area contributed by atoms with Gasteiger partial charge in [-0.3, -0.25) is 0 Å². The normalized spacial score (nSPS) is 11.3. The van der Waals surface area contributed by atoms with Crippen molar-refractivity contribution < 1.29 is 4.39 Å². The van der Waals surface area contributed by atoms with Gasteiger partial charge in [0, 0.05) is 0 Å². The van der Waals surface area contributed by atoms with Crippen LogP contribution in [0.15, 0.2) is 115 Å². The van der Waals surface area contributed by atoms with Gasteiger partial charge < -0.3 is 0 Å². The van der Waals surface area contributed by atoms with Crippen molar-refractivity contribution in [3.05, 3.63) is 143 Å². The van der Waals surface area contributed by atoms with Crippen molar-refractivity contribution >= 4 is 25.6 Å². The zero-order chi connectivity index (χ0) is 19.2. The molecule has 0 aliphatic heterocycles. The van der Waals surface area contributed by atoms with Crippen molar-refractivity contribution in [3.8, 4) is 0 Å². The van der Waals surface area contributed by atoms with E-state index in [9.17, 15) is 4.39 Å². The Hall–Kier alpha value is -2.28. The predicted molar refractivity (Wildman–Crippen MR) is 128 cm³/mol. The summed E-state index contributed by atoms with van der Waals surface area (Å²) in [5.41, 5.74) is 4.83. The van der Waals surface area contributed by atoms with E-state index >= 15 is 0 Å². The Balaban J connectivity index is 0.00000240. The first-order chi connectivity index (χ1) is 13.8. The third-order valence-corrected chi connectivity index (χ3v) is 7.05. The highest BCUT2D eigenvalue weighted by Crippen LogP contribution is 2.53. The molecular weight excluding hydrogens is 442 g/mol. The maximum atomic E-state index is 13.8. The Morgan fingerprint density at radius 2 is 1.03 bits per heavy atom. The number of halogens is 2. The quantitative estimate of drug-likeness (QED) is 0.204. The van der Waals surface area contributed by atoms with Gasteiger partial charge in [-0.1, -0.05) is 112 Å². The average Bonchev–Trinajstić information content (AvgIpc) is 2.77. The molecule has 0 radical (unpaired) electrons. The van der Waals surface area contributed by atoms with Gasteiger partial charge in [-0.05, 0) is 40.5 Å². The summed E-state index contributed by atoms with van der Waals surface area (Å²) in [6.07, 6.45) is 0.816. The van der Waals surface area contributed by atoms with Crippen molar-refractivity contribution in [3.63, 3.8) is 0 Å². The van der Waals surface area contributed by atoms with Crippen LogP contribution >= 0.6 is 25.6 Å². The molecule has 0 saturated carbocycles. The van der Waals surface area contributed by atoms with Gasteiger partial charge >= 0.3 is 0 Å². The summed E-state index contributed by atoms with van der Waals surface area (Å²) >= 11 is 0. The molecule has 4 aromatic carbocycles. The number of hydrogen-bond donors (Lipinski definition) is 0. The molecule has 1 unspecified atom stereocenters. The van der Waals surface area contributed by atoms with E-state index in [0.717, 1.165) is 11.7 Å². The SMILES string of the molecule is Br.Fc1cccc(CPC(c2ccccc2)(c2ccccc2)c2ccccc2)c1. The summed E-state index contributed by atoms with van der Waals surface area (Å²) in [5.74, 6) is -0.174. The highest BCUT2D eigenvalue weighted by Gasteiger charge is 2.35. The van der Waals surface area contributed by atoms with E-state index in [2.05, 4.69) is 91.0 Å². The van der Waals surface area contributed by atoms with E-state index in [1.54, 1.807) is 12.1 Å². The minimum Gasteiger partial charge on any atom is -0.207 e. The van der Waals surface area contributed by atoms with Crippen LogP contribution < -0.4 is 0 Å². The van der Waals surface area contributed by atoms with Crippen molar-refractivity contribution in [1.82, 2.24) is 0 Å². The summed E-state index contributed by atoms with van der Waals surface area (Å²) in [4.78, 5) is 0. The van der Waals surface area contributed by atoms with E-state index in [0.29, 0.717) is 8.58 Å². The lowest BCUT2D eigenvalue weighted by molar-refractivity contribution is 0.626. The molecule has 0 aliphatic carbocycles. The summed E-state index contributed by atoms with van der Waals surface area (Å²) in [7, 11) is 0.533. The molecular formula is C26H23BrFP. The smallest absolute Gasteiger partial charge is 0.123 e. The van der Waals surface area contributed by atoms with Gasteiger partial charge in [0.2, 0.25) is 0 Å². The third kappa shape index (κ3) is 4.66. The lowest BCUT2D eigenvalue weighted by Gasteiger charge is -2.36. The zero-order valence-electron chi connectivity index (χ0n) is 16.0. The van der Waals surface area contributed by atoms with Gasteiger partial charge in [0.1, 0.15) is 5.82 Å². The molecule has 0 N–H and O–H groups in total. The standard InChI is InChI=1S/C26H22FP.BrH/c27-25-18-10-11-21(19-25)20-28-26(22-12-4-1-5-13-22,23-14-6-2-7-15-23)24-16-8-3-9-17-24;/h1-19,28H,20H2;1H. The molecule has 0 aliphatic rings. The maximum absolute atomic E-state index is 13.8. The number of hydrogen-bond acceptors (Lipinski definition) is 0. The van der Waals surface area contributed by atoms with Gasteiger partial charge in [-0.15, -0.1) is 17.0 Å². The molecule has 4 rings (SSSR count). The van der Waals surface area contributed by atoms with E-state index in [-0.39, 0.29) is 28.0 Å². The molecule has 0 spiro atoms. The molecule has 0 nitrogen and oxygen atoms in total. The summed E-state index contributed by atoms with van der Waals surface area (Å²) < 4.78 is 13.8. The first-order valence-electron chi connectivity index (χ1n) is 9.45. The zero-order valence-corrected chi connectivity index (χ0v) is 18.7. The van der Waals surface area contributed by atoms with Gasteiger partial charge in [0.15, 0.2) is 0 Å². The molecule has 1 atom stereocenters. The predicted octanol–water partition coefficient (Wildman–Crippen LogP) is 7.57. The summed E-state index contributed by atoms with van der Waals surface area (Å²) in [6, 6.07) is 39.0. The van der Waals surface area contributed by atoms with Crippen LogP contribution in [-0.2, 0) is 11.3 Å². The van der Waals surface area contributed by atoms with Gasteiger partial charge in [0.25, 0.3) is 0 Å². The van der Waals surface area contributed by atoms with Crippen LogP contribution in [0.3, 0.4) is 0 Å². The fourth-order valence-electron chi connectivity index (χ4n) is 3.75. The van der Waals surface area contributed by atoms with Crippen LogP contribution in [0.1, 0.15) is 22.3 Å². The average molecular weight is 465 g/mol. The second kappa shape index (κ2) is 9.96. The molecule has 0 bridgehead atoms. The Kier molecular flexibility index (Phi) is 7.36. The van der Waals surface area contributed by atoms with Gasteiger partial charge in [-0.2, -0.15) is 0 Å². The Morgan fingerprint density at radius 3 is 1.45 bits per heavy atom. The Morgan fingerprint density at radius 1 is 0.586 bits per heavy atom. The van der Waals surface area contributed by atoms with Crippen LogP contribution in [0.25, 0.3) is 0 Å². The van der Waals surface area contributed by atoms with Crippen molar-refractivity contribution in [2.45, 2.75) is 11.3 Å². The largest absolute Gasteiger partial charge is 0.207 e. The minimum atomic E-state index is -0.268. The molecule has 146 valence electrons. The first-order valence-corrected chi connectivity index (χ1v) is 10.7. The second-order valence-corrected chi connectivity index (χ2v) is 8.29. The molecule has 0 amide bonds. The molecule has 0 saturated heterocycles. The highest BCUT2D eigenvalue weighted by atomic mass is 79.9. The minimum absolute atomic E-state index is 0. The van der Waals surface area contributed by atoms with E-state index in [1.807, 2.05) is 6.07 Å². The molecule has 4 aromatic rings. The summed E-state index contributed by atoms with van der Waals surface area (Å²) in [5, 5.41) is -0.268. The first kappa shape index (κ1) is 21.4.